The van der Waals surface area contributed by atoms with Crippen LogP contribution in [0.15, 0.2) is 63.9 Å². The molecule has 116 valence electrons. The van der Waals surface area contributed by atoms with E-state index >= 15 is 0 Å². The van der Waals surface area contributed by atoms with E-state index in [1.807, 2.05) is 36.4 Å². The SMILES string of the molecule is CCCCCC1c2ccccc2CN=[S+]1([O-])c1ccccc1. The minimum Gasteiger partial charge on any atom is -0.626 e. The van der Waals surface area contributed by atoms with Gasteiger partial charge in [0.2, 0.25) is 0 Å². The zero-order valence-corrected chi connectivity index (χ0v) is 13.9. The van der Waals surface area contributed by atoms with Crippen LogP contribution < -0.4 is 0 Å². The third-order valence-corrected chi connectivity index (χ3v) is 7.09. The third-order valence-electron chi connectivity index (χ3n) is 4.37. The molecular weight excluding hydrogens is 290 g/mol. The van der Waals surface area contributed by atoms with Crippen LogP contribution in [0.5, 0.6) is 0 Å². The molecule has 2 aromatic carbocycles. The molecule has 0 fully saturated rings. The van der Waals surface area contributed by atoms with Crippen molar-refractivity contribution in [2.75, 3.05) is 0 Å². The zero-order valence-electron chi connectivity index (χ0n) is 13.1. The normalized spacial score (nSPS) is 23.6. The first-order chi connectivity index (χ1) is 10.8. The second-order valence-electron chi connectivity index (χ2n) is 5.85. The Morgan fingerprint density at radius 1 is 1.05 bits per heavy atom. The lowest BCUT2D eigenvalue weighted by Crippen LogP contribution is -2.26. The van der Waals surface area contributed by atoms with Crippen LogP contribution >= 0.6 is 0 Å². The van der Waals surface area contributed by atoms with Crippen LogP contribution in [0.3, 0.4) is 0 Å². The number of benzene rings is 2. The average Bonchev–Trinajstić information content (AvgIpc) is 2.58. The highest BCUT2D eigenvalue weighted by molar-refractivity contribution is 8.00. The number of hydrogen-bond acceptors (Lipinski definition) is 2. The zero-order chi connectivity index (χ0) is 15.4. The van der Waals surface area contributed by atoms with Gasteiger partial charge >= 0.3 is 0 Å². The van der Waals surface area contributed by atoms with E-state index in [2.05, 4.69) is 29.5 Å². The van der Waals surface area contributed by atoms with Gasteiger partial charge in [0.25, 0.3) is 0 Å². The predicted molar refractivity (Wildman–Crippen MR) is 92.3 cm³/mol. The maximum atomic E-state index is 13.7. The number of fused-ring (bicyclic) bond motifs is 1. The Hall–Kier alpha value is -1.45. The number of rotatable bonds is 5. The fourth-order valence-electron chi connectivity index (χ4n) is 3.17. The number of hydrogen-bond donors (Lipinski definition) is 0. The predicted octanol–water partition coefficient (Wildman–Crippen LogP) is 5.35. The van der Waals surface area contributed by atoms with Gasteiger partial charge in [-0.25, -0.2) is 0 Å². The smallest absolute Gasteiger partial charge is 0.136 e. The summed E-state index contributed by atoms with van der Waals surface area (Å²) in [5.41, 5.74) is 2.47. The minimum atomic E-state index is -2.38. The summed E-state index contributed by atoms with van der Waals surface area (Å²) in [6.45, 7) is 2.77. The van der Waals surface area contributed by atoms with Crippen molar-refractivity contribution < 1.29 is 4.55 Å². The third kappa shape index (κ3) is 2.88. The van der Waals surface area contributed by atoms with Gasteiger partial charge in [0, 0.05) is 5.56 Å². The topological polar surface area (TPSA) is 35.4 Å². The Bertz CT molecular complexity index is 681. The molecule has 1 aliphatic heterocycles. The quantitative estimate of drug-likeness (QED) is 0.541. The van der Waals surface area contributed by atoms with Crippen LogP contribution in [-0.4, -0.2) is 4.55 Å². The van der Waals surface area contributed by atoms with Crippen LogP contribution in [-0.2, 0) is 16.7 Å². The lowest BCUT2D eigenvalue weighted by Gasteiger charge is -2.35. The Morgan fingerprint density at radius 3 is 2.55 bits per heavy atom. The van der Waals surface area contributed by atoms with E-state index in [1.165, 1.54) is 24.0 Å². The summed E-state index contributed by atoms with van der Waals surface area (Å²) in [6.07, 6.45) is 4.41. The van der Waals surface area contributed by atoms with Gasteiger partial charge in [-0.1, -0.05) is 62.2 Å². The second-order valence-corrected chi connectivity index (χ2v) is 8.29. The number of unbranched alkanes of at least 4 members (excludes halogenated alkanes) is 2. The van der Waals surface area contributed by atoms with Crippen molar-refractivity contribution in [2.45, 2.75) is 49.3 Å². The van der Waals surface area contributed by atoms with Gasteiger partial charge < -0.3 is 4.55 Å². The molecular formula is C19H23NOS. The maximum absolute atomic E-state index is 13.7. The van der Waals surface area contributed by atoms with Crippen molar-refractivity contribution in [2.24, 2.45) is 4.36 Å². The summed E-state index contributed by atoms with van der Waals surface area (Å²) in [6, 6.07) is 18.2. The van der Waals surface area contributed by atoms with Crippen LogP contribution in [0.25, 0.3) is 0 Å². The fourth-order valence-corrected chi connectivity index (χ4v) is 5.76. The van der Waals surface area contributed by atoms with Gasteiger partial charge in [0.05, 0.1) is 0 Å². The first kappa shape index (κ1) is 15.4. The molecule has 0 saturated carbocycles. The average molecular weight is 313 g/mol. The molecule has 0 radical (unpaired) electrons. The van der Waals surface area contributed by atoms with Crippen molar-refractivity contribution in [1.29, 1.82) is 0 Å². The monoisotopic (exact) mass is 313 g/mol. The summed E-state index contributed by atoms with van der Waals surface area (Å²) in [4.78, 5) is 0.881. The van der Waals surface area contributed by atoms with E-state index in [-0.39, 0.29) is 5.25 Å². The number of nitrogens with zero attached hydrogens (tertiary/aromatic N) is 1. The lowest BCUT2D eigenvalue weighted by molar-refractivity contribution is 0.543. The van der Waals surface area contributed by atoms with Gasteiger partial charge in [-0.05, 0) is 40.6 Å². The highest BCUT2D eigenvalue weighted by atomic mass is 32.3. The molecule has 0 bridgehead atoms. The Balaban J connectivity index is 2.03. The second kappa shape index (κ2) is 6.76. The first-order valence-corrected chi connectivity index (χ1v) is 9.68. The van der Waals surface area contributed by atoms with Crippen LogP contribution in [0.2, 0.25) is 0 Å². The molecule has 0 aliphatic carbocycles. The van der Waals surface area contributed by atoms with Crippen molar-refractivity contribution >= 4 is 10.1 Å². The van der Waals surface area contributed by atoms with E-state index in [4.69, 9.17) is 0 Å². The summed E-state index contributed by atoms with van der Waals surface area (Å²) in [5.74, 6) is 0. The Labute approximate surface area is 134 Å². The molecule has 0 saturated heterocycles. The minimum absolute atomic E-state index is 0.0198. The largest absolute Gasteiger partial charge is 0.626 e. The van der Waals surface area contributed by atoms with Gasteiger partial charge in [-0.2, -0.15) is 0 Å². The van der Waals surface area contributed by atoms with Gasteiger partial charge in [0.15, 0.2) is 0 Å². The highest BCUT2D eigenvalue weighted by Crippen LogP contribution is 2.43. The molecule has 2 unspecified atom stereocenters. The van der Waals surface area contributed by atoms with Crippen molar-refractivity contribution in [3.05, 3.63) is 65.7 Å². The summed E-state index contributed by atoms with van der Waals surface area (Å²) in [5, 5.41) is 0.0198. The summed E-state index contributed by atoms with van der Waals surface area (Å²) >= 11 is 0. The lowest BCUT2D eigenvalue weighted by atomic mass is 10.0. The molecule has 3 heteroatoms. The molecule has 2 nitrogen and oxygen atoms in total. The van der Waals surface area contributed by atoms with Crippen molar-refractivity contribution in [3.63, 3.8) is 0 Å². The van der Waals surface area contributed by atoms with Gasteiger partial charge in [-0.3, -0.25) is 0 Å². The van der Waals surface area contributed by atoms with Crippen molar-refractivity contribution in [3.8, 4) is 0 Å². The van der Waals surface area contributed by atoms with E-state index < -0.39 is 10.1 Å². The first-order valence-electron chi connectivity index (χ1n) is 8.10. The molecule has 2 aromatic rings. The molecule has 22 heavy (non-hydrogen) atoms. The molecule has 1 heterocycles. The van der Waals surface area contributed by atoms with E-state index in [0.717, 1.165) is 17.7 Å². The Kier molecular flexibility index (Phi) is 4.74. The molecule has 3 rings (SSSR count). The maximum Gasteiger partial charge on any atom is 0.136 e. The van der Waals surface area contributed by atoms with E-state index in [0.29, 0.717) is 6.54 Å². The highest BCUT2D eigenvalue weighted by Gasteiger charge is 2.35. The standard InChI is InChI=1S/C19H23NOS/c1-2-3-5-14-19-18-13-9-8-10-16(18)15-20-22(19,21)17-11-6-4-7-12-17/h4,6-13,19H,2-3,5,14-15H2,1H3. The van der Waals surface area contributed by atoms with E-state index in [9.17, 15) is 4.55 Å². The Morgan fingerprint density at radius 2 is 1.77 bits per heavy atom. The van der Waals surface area contributed by atoms with Gasteiger partial charge in [-0.15, -0.1) is 4.36 Å². The molecule has 2 atom stereocenters. The summed E-state index contributed by atoms with van der Waals surface area (Å²) < 4.78 is 18.4. The molecule has 0 aromatic heterocycles. The fraction of sp³-hybridized carbons (Fsp3) is 0.368. The molecule has 0 N–H and O–H groups in total. The van der Waals surface area contributed by atoms with Crippen LogP contribution in [0.4, 0.5) is 0 Å². The van der Waals surface area contributed by atoms with Gasteiger partial charge in [0.1, 0.15) is 16.7 Å². The van der Waals surface area contributed by atoms with Crippen LogP contribution in [0.1, 0.15) is 49.0 Å². The summed E-state index contributed by atoms with van der Waals surface area (Å²) in [7, 11) is -2.38. The molecule has 1 aliphatic rings. The molecule has 0 amide bonds. The van der Waals surface area contributed by atoms with E-state index in [1.54, 1.807) is 0 Å². The molecule has 0 spiro atoms. The van der Waals surface area contributed by atoms with Crippen molar-refractivity contribution in [1.82, 2.24) is 0 Å². The van der Waals surface area contributed by atoms with Crippen LogP contribution in [0, 0.1) is 0 Å².